The molecule has 25 heavy (non-hydrogen) atoms. The monoisotopic (exact) mass is 334 g/mol. The Labute approximate surface area is 145 Å². The molecule has 3 amide bonds. The Balaban J connectivity index is 1.52. The first-order chi connectivity index (χ1) is 12.1. The summed E-state index contributed by atoms with van der Waals surface area (Å²) in [7, 11) is 1.74. The SMILES string of the molecule is CN(C(=O)CN1C(=O)c2ccccc2C1=O)C1CCc2ccccc21. The third-order valence-corrected chi connectivity index (χ3v) is 5.13. The van der Waals surface area contributed by atoms with E-state index in [1.54, 1.807) is 36.2 Å². The van der Waals surface area contributed by atoms with E-state index in [-0.39, 0.29) is 18.5 Å². The molecule has 1 atom stereocenters. The number of fused-ring (bicyclic) bond motifs is 2. The highest BCUT2D eigenvalue weighted by atomic mass is 16.2. The molecule has 5 heteroatoms. The molecule has 1 aliphatic carbocycles. The van der Waals surface area contributed by atoms with Crippen molar-refractivity contribution in [2.75, 3.05) is 13.6 Å². The topological polar surface area (TPSA) is 57.7 Å². The molecule has 0 saturated carbocycles. The maximum absolute atomic E-state index is 12.7. The predicted octanol–water partition coefficient (Wildman–Crippen LogP) is 2.43. The summed E-state index contributed by atoms with van der Waals surface area (Å²) in [6, 6.07) is 14.8. The van der Waals surface area contributed by atoms with Gasteiger partial charge in [0.25, 0.3) is 11.8 Å². The van der Waals surface area contributed by atoms with E-state index in [1.165, 1.54) is 5.56 Å². The van der Waals surface area contributed by atoms with Gasteiger partial charge < -0.3 is 4.90 Å². The van der Waals surface area contributed by atoms with Crippen molar-refractivity contribution in [2.45, 2.75) is 18.9 Å². The Hall–Kier alpha value is -2.95. The number of amides is 3. The van der Waals surface area contributed by atoms with E-state index < -0.39 is 11.8 Å². The molecule has 2 aliphatic rings. The number of hydrogen-bond acceptors (Lipinski definition) is 3. The first-order valence-corrected chi connectivity index (χ1v) is 8.36. The molecule has 1 aliphatic heterocycles. The lowest BCUT2D eigenvalue weighted by Gasteiger charge is -2.27. The van der Waals surface area contributed by atoms with Crippen molar-refractivity contribution in [1.29, 1.82) is 0 Å². The number of rotatable bonds is 3. The maximum atomic E-state index is 12.7. The summed E-state index contributed by atoms with van der Waals surface area (Å²) >= 11 is 0. The average molecular weight is 334 g/mol. The van der Waals surface area contributed by atoms with Gasteiger partial charge in [0.1, 0.15) is 6.54 Å². The fraction of sp³-hybridized carbons (Fsp3) is 0.250. The largest absolute Gasteiger partial charge is 0.337 e. The second-order valence-electron chi connectivity index (χ2n) is 6.50. The van der Waals surface area contributed by atoms with Gasteiger partial charge in [-0.05, 0) is 36.1 Å². The first kappa shape index (κ1) is 15.6. The lowest BCUT2D eigenvalue weighted by molar-refractivity contribution is -0.132. The number of hydrogen-bond donors (Lipinski definition) is 0. The van der Waals surface area contributed by atoms with E-state index in [9.17, 15) is 14.4 Å². The molecular weight excluding hydrogens is 316 g/mol. The van der Waals surface area contributed by atoms with E-state index in [0.717, 1.165) is 23.3 Å². The van der Waals surface area contributed by atoms with Gasteiger partial charge in [-0.3, -0.25) is 19.3 Å². The molecule has 1 heterocycles. The molecule has 0 bridgehead atoms. The molecule has 0 spiro atoms. The van der Waals surface area contributed by atoms with E-state index in [0.29, 0.717) is 11.1 Å². The van der Waals surface area contributed by atoms with E-state index in [4.69, 9.17) is 0 Å². The zero-order valence-electron chi connectivity index (χ0n) is 13.9. The van der Waals surface area contributed by atoms with Crippen molar-refractivity contribution in [2.24, 2.45) is 0 Å². The molecule has 0 N–H and O–H groups in total. The van der Waals surface area contributed by atoms with Gasteiger partial charge in [0.2, 0.25) is 5.91 Å². The number of aryl methyl sites for hydroxylation is 1. The number of carbonyl (C=O) groups excluding carboxylic acids is 3. The minimum absolute atomic E-state index is 0.00103. The second-order valence-corrected chi connectivity index (χ2v) is 6.50. The number of benzene rings is 2. The maximum Gasteiger partial charge on any atom is 0.262 e. The van der Waals surface area contributed by atoms with E-state index >= 15 is 0 Å². The Morgan fingerprint density at radius 2 is 1.64 bits per heavy atom. The minimum Gasteiger partial charge on any atom is -0.337 e. The van der Waals surface area contributed by atoms with Crippen molar-refractivity contribution in [3.8, 4) is 0 Å². The quantitative estimate of drug-likeness (QED) is 0.810. The summed E-state index contributed by atoms with van der Waals surface area (Å²) in [6.45, 7) is -0.221. The highest BCUT2D eigenvalue weighted by molar-refractivity contribution is 6.22. The average Bonchev–Trinajstić information content (AvgIpc) is 3.17. The smallest absolute Gasteiger partial charge is 0.262 e. The molecule has 1 unspecified atom stereocenters. The van der Waals surface area contributed by atoms with Gasteiger partial charge in [0.05, 0.1) is 17.2 Å². The van der Waals surface area contributed by atoms with E-state index in [1.807, 2.05) is 18.2 Å². The zero-order chi connectivity index (χ0) is 17.6. The molecule has 0 radical (unpaired) electrons. The van der Waals surface area contributed by atoms with Crippen molar-refractivity contribution >= 4 is 17.7 Å². The van der Waals surface area contributed by atoms with Crippen LogP contribution >= 0.6 is 0 Å². The highest BCUT2D eigenvalue weighted by Gasteiger charge is 2.38. The van der Waals surface area contributed by atoms with Crippen LogP contribution in [0.15, 0.2) is 48.5 Å². The first-order valence-electron chi connectivity index (χ1n) is 8.36. The molecule has 5 nitrogen and oxygen atoms in total. The van der Waals surface area contributed by atoms with Crippen molar-refractivity contribution in [3.05, 3.63) is 70.8 Å². The van der Waals surface area contributed by atoms with Crippen LogP contribution in [-0.2, 0) is 11.2 Å². The lowest BCUT2D eigenvalue weighted by Crippen LogP contribution is -2.42. The van der Waals surface area contributed by atoms with Crippen LogP contribution in [0.3, 0.4) is 0 Å². The van der Waals surface area contributed by atoms with Crippen LogP contribution in [0.4, 0.5) is 0 Å². The Morgan fingerprint density at radius 1 is 1.04 bits per heavy atom. The van der Waals surface area contributed by atoms with Gasteiger partial charge in [-0.15, -0.1) is 0 Å². The van der Waals surface area contributed by atoms with Crippen molar-refractivity contribution < 1.29 is 14.4 Å². The van der Waals surface area contributed by atoms with Crippen LogP contribution in [0.1, 0.15) is 44.3 Å². The molecule has 0 aromatic heterocycles. The standard InChI is InChI=1S/C20H18N2O3/c1-21(17-11-10-13-6-2-3-7-14(13)17)18(23)12-22-19(24)15-8-4-5-9-16(15)20(22)25/h2-9,17H,10-12H2,1H3. The van der Waals surface area contributed by atoms with Crippen LogP contribution in [0.25, 0.3) is 0 Å². The molecular formula is C20H18N2O3. The van der Waals surface area contributed by atoms with Gasteiger partial charge in [-0.2, -0.15) is 0 Å². The van der Waals surface area contributed by atoms with Crippen molar-refractivity contribution in [1.82, 2.24) is 9.80 Å². The third kappa shape index (κ3) is 2.43. The van der Waals surface area contributed by atoms with Crippen molar-refractivity contribution in [3.63, 3.8) is 0 Å². The molecule has 4 rings (SSSR count). The molecule has 2 aromatic carbocycles. The fourth-order valence-electron chi connectivity index (χ4n) is 3.74. The molecule has 126 valence electrons. The van der Waals surface area contributed by atoms with Crippen LogP contribution in [-0.4, -0.2) is 41.1 Å². The van der Waals surface area contributed by atoms with Crippen LogP contribution in [0.2, 0.25) is 0 Å². The summed E-state index contributed by atoms with van der Waals surface area (Å²) in [6.07, 6.45) is 1.80. The molecule has 0 saturated heterocycles. The summed E-state index contributed by atoms with van der Waals surface area (Å²) in [5, 5.41) is 0. The van der Waals surface area contributed by atoms with Crippen LogP contribution in [0, 0.1) is 0 Å². The second kappa shape index (κ2) is 5.84. The molecule has 2 aromatic rings. The number of nitrogens with zero attached hydrogens (tertiary/aromatic N) is 2. The normalized spacial score (nSPS) is 18.3. The summed E-state index contributed by atoms with van der Waals surface area (Å²) in [5.74, 6) is -1.01. The zero-order valence-corrected chi connectivity index (χ0v) is 13.9. The fourth-order valence-corrected chi connectivity index (χ4v) is 3.74. The summed E-state index contributed by atoms with van der Waals surface area (Å²) < 4.78 is 0. The number of carbonyl (C=O) groups is 3. The minimum atomic E-state index is -0.394. The molecule has 0 fully saturated rings. The summed E-state index contributed by atoms with van der Waals surface area (Å²) in [5.41, 5.74) is 3.15. The number of likely N-dealkylation sites (N-methyl/N-ethyl adjacent to an activating group) is 1. The van der Waals surface area contributed by atoms with Crippen LogP contribution in [0.5, 0.6) is 0 Å². The Kier molecular flexibility index (Phi) is 3.64. The predicted molar refractivity (Wildman–Crippen MR) is 92.1 cm³/mol. The summed E-state index contributed by atoms with van der Waals surface area (Å²) in [4.78, 5) is 40.3. The van der Waals surface area contributed by atoms with Gasteiger partial charge in [-0.25, -0.2) is 0 Å². The van der Waals surface area contributed by atoms with Gasteiger partial charge in [0, 0.05) is 7.05 Å². The third-order valence-electron chi connectivity index (χ3n) is 5.13. The Bertz CT molecular complexity index is 855. The highest BCUT2D eigenvalue weighted by Crippen LogP contribution is 2.35. The Morgan fingerprint density at radius 3 is 2.32 bits per heavy atom. The van der Waals surface area contributed by atoms with Gasteiger partial charge >= 0.3 is 0 Å². The van der Waals surface area contributed by atoms with E-state index in [2.05, 4.69) is 6.07 Å². The lowest BCUT2D eigenvalue weighted by atomic mass is 10.1. The number of imide groups is 1. The van der Waals surface area contributed by atoms with Gasteiger partial charge in [0.15, 0.2) is 0 Å². The van der Waals surface area contributed by atoms with Gasteiger partial charge in [-0.1, -0.05) is 36.4 Å². The van der Waals surface area contributed by atoms with Crippen LogP contribution < -0.4 is 0 Å².